The van der Waals surface area contributed by atoms with Gasteiger partial charge in [-0.3, -0.25) is 4.79 Å². The predicted molar refractivity (Wildman–Crippen MR) is 100 cm³/mol. The Morgan fingerprint density at radius 1 is 1.27 bits per heavy atom. The normalized spacial score (nSPS) is 17.6. The number of sulfonamides is 1. The van der Waals surface area contributed by atoms with Crippen LogP contribution in [-0.4, -0.2) is 60.8 Å². The molecule has 144 valence electrons. The predicted octanol–water partition coefficient (Wildman–Crippen LogP) is 1.41. The van der Waals surface area contributed by atoms with Gasteiger partial charge in [0.2, 0.25) is 15.9 Å². The molecule has 1 atom stereocenters. The van der Waals surface area contributed by atoms with E-state index in [1.165, 1.54) is 16.1 Å². The van der Waals surface area contributed by atoms with Gasteiger partial charge in [-0.25, -0.2) is 13.2 Å². The molecule has 2 N–H and O–H groups in total. The summed E-state index contributed by atoms with van der Waals surface area (Å²) in [5, 5.41) is 11.8. The number of thioether (sulfide) groups is 1. The van der Waals surface area contributed by atoms with Crippen molar-refractivity contribution in [3.05, 3.63) is 30.3 Å². The van der Waals surface area contributed by atoms with Gasteiger partial charge in [0.1, 0.15) is 6.04 Å². The molecule has 26 heavy (non-hydrogen) atoms. The maximum Gasteiger partial charge on any atom is 0.326 e. The monoisotopic (exact) mass is 400 g/mol. The van der Waals surface area contributed by atoms with Crippen molar-refractivity contribution in [2.24, 2.45) is 5.92 Å². The van der Waals surface area contributed by atoms with Gasteiger partial charge in [0.05, 0.1) is 4.90 Å². The van der Waals surface area contributed by atoms with Crippen LogP contribution >= 0.6 is 11.8 Å². The topological polar surface area (TPSA) is 104 Å². The van der Waals surface area contributed by atoms with Crippen molar-refractivity contribution in [1.29, 1.82) is 0 Å². The number of piperidine rings is 1. The van der Waals surface area contributed by atoms with Crippen LogP contribution in [0.3, 0.4) is 0 Å². The molecule has 0 spiro atoms. The fraction of sp³-hybridized carbons (Fsp3) is 0.529. The van der Waals surface area contributed by atoms with E-state index in [-0.39, 0.29) is 29.8 Å². The fourth-order valence-corrected chi connectivity index (χ4v) is 4.84. The molecular weight excluding hydrogens is 376 g/mol. The van der Waals surface area contributed by atoms with E-state index < -0.39 is 22.0 Å². The van der Waals surface area contributed by atoms with E-state index in [0.29, 0.717) is 25.0 Å². The van der Waals surface area contributed by atoms with E-state index in [2.05, 4.69) is 5.32 Å². The van der Waals surface area contributed by atoms with Gasteiger partial charge in [0.25, 0.3) is 0 Å². The summed E-state index contributed by atoms with van der Waals surface area (Å²) < 4.78 is 26.6. The first-order valence-corrected chi connectivity index (χ1v) is 11.3. The molecular formula is C17H24N2O5S2. The molecule has 1 aromatic carbocycles. The van der Waals surface area contributed by atoms with Crippen LogP contribution in [0.15, 0.2) is 35.2 Å². The Kier molecular flexibility index (Phi) is 7.48. The average molecular weight is 401 g/mol. The van der Waals surface area contributed by atoms with Crippen LogP contribution in [0, 0.1) is 5.92 Å². The van der Waals surface area contributed by atoms with Crippen molar-refractivity contribution in [2.45, 2.75) is 30.2 Å². The molecule has 0 aromatic heterocycles. The Hall–Kier alpha value is -1.58. The summed E-state index contributed by atoms with van der Waals surface area (Å²) in [6.45, 7) is 0.496. The van der Waals surface area contributed by atoms with Gasteiger partial charge in [-0.05, 0) is 43.4 Å². The highest BCUT2D eigenvalue weighted by Crippen LogP contribution is 2.24. The molecule has 0 unspecified atom stereocenters. The van der Waals surface area contributed by atoms with Crippen molar-refractivity contribution in [1.82, 2.24) is 9.62 Å². The van der Waals surface area contributed by atoms with Crippen LogP contribution < -0.4 is 5.32 Å². The van der Waals surface area contributed by atoms with E-state index in [9.17, 15) is 23.1 Å². The number of rotatable bonds is 8. The first-order valence-electron chi connectivity index (χ1n) is 8.43. The number of nitrogens with one attached hydrogen (secondary N) is 1. The lowest BCUT2D eigenvalue weighted by Crippen LogP contribution is -2.47. The molecule has 2 rings (SSSR count). The van der Waals surface area contributed by atoms with E-state index in [1.54, 1.807) is 30.3 Å². The summed E-state index contributed by atoms with van der Waals surface area (Å²) in [5.74, 6) is -1.08. The maximum atomic E-state index is 12.6. The number of hydrogen-bond donors (Lipinski definition) is 2. The number of nitrogens with zero attached hydrogens (tertiary/aromatic N) is 1. The number of hydrogen-bond acceptors (Lipinski definition) is 5. The third-order valence-corrected chi connectivity index (χ3v) is 6.99. The molecule has 7 nitrogen and oxygen atoms in total. The van der Waals surface area contributed by atoms with Gasteiger partial charge < -0.3 is 10.4 Å². The van der Waals surface area contributed by atoms with Gasteiger partial charge >= 0.3 is 5.97 Å². The molecule has 9 heteroatoms. The van der Waals surface area contributed by atoms with Gasteiger partial charge in [0, 0.05) is 19.0 Å². The largest absolute Gasteiger partial charge is 0.480 e. The molecule has 1 fully saturated rings. The van der Waals surface area contributed by atoms with Crippen LogP contribution in [0.4, 0.5) is 0 Å². The Bertz CT molecular complexity index is 716. The Balaban J connectivity index is 1.93. The highest BCUT2D eigenvalue weighted by atomic mass is 32.2. The summed E-state index contributed by atoms with van der Waals surface area (Å²) in [6.07, 6.45) is 3.01. The SMILES string of the molecule is CSCC[C@@H](NC(=O)C1CCN(S(=O)(=O)c2ccccc2)CC1)C(=O)O. The number of amides is 1. The minimum absolute atomic E-state index is 0.242. The minimum Gasteiger partial charge on any atom is -0.480 e. The number of carbonyl (C=O) groups is 2. The van der Waals surface area contributed by atoms with Gasteiger partial charge in [0.15, 0.2) is 0 Å². The maximum absolute atomic E-state index is 12.6. The molecule has 0 radical (unpaired) electrons. The molecule has 0 bridgehead atoms. The first kappa shape index (κ1) is 20.7. The van der Waals surface area contributed by atoms with Crippen molar-refractivity contribution >= 4 is 33.7 Å². The van der Waals surface area contributed by atoms with Crippen molar-refractivity contribution in [2.75, 3.05) is 25.1 Å². The Morgan fingerprint density at radius 2 is 1.88 bits per heavy atom. The fourth-order valence-electron chi connectivity index (χ4n) is 2.88. The summed E-state index contributed by atoms with van der Waals surface area (Å²) in [4.78, 5) is 23.8. The first-order chi connectivity index (χ1) is 12.4. The minimum atomic E-state index is -3.55. The summed E-state index contributed by atoms with van der Waals surface area (Å²) >= 11 is 1.52. The number of aliphatic carboxylic acids is 1. The van der Waals surface area contributed by atoms with E-state index in [0.717, 1.165) is 0 Å². The molecule has 0 saturated carbocycles. The zero-order valence-electron chi connectivity index (χ0n) is 14.6. The second-order valence-electron chi connectivity index (χ2n) is 6.17. The number of carboxylic acid groups (broad SMARTS) is 1. The molecule has 1 saturated heterocycles. The van der Waals surface area contributed by atoms with E-state index in [4.69, 9.17) is 0 Å². The average Bonchev–Trinajstić information content (AvgIpc) is 2.65. The summed E-state index contributed by atoms with van der Waals surface area (Å²) in [6, 6.07) is 7.31. The summed E-state index contributed by atoms with van der Waals surface area (Å²) in [7, 11) is -3.55. The van der Waals surface area contributed by atoms with Crippen molar-refractivity contribution in [3.8, 4) is 0 Å². The van der Waals surface area contributed by atoms with Crippen LogP contribution in [0.5, 0.6) is 0 Å². The zero-order valence-corrected chi connectivity index (χ0v) is 16.3. The number of benzene rings is 1. The third-order valence-electron chi connectivity index (χ3n) is 4.43. The lowest BCUT2D eigenvalue weighted by molar-refractivity contribution is -0.142. The molecule has 1 heterocycles. The van der Waals surface area contributed by atoms with Gasteiger partial charge in [-0.15, -0.1) is 0 Å². The third kappa shape index (κ3) is 5.21. The lowest BCUT2D eigenvalue weighted by atomic mass is 9.96. The van der Waals surface area contributed by atoms with Crippen LogP contribution in [0.2, 0.25) is 0 Å². The van der Waals surface area contributed by atoms with Crippen LogP contribution in [-0.2, 0) is 19.6 Å². The lowest BCUT2D eigenvalue weighted by Gasteiger charge is -2.31. The summed E-state index contributed by atoms with van der Waals surface area (Å²) in [5.41, 5.74) is 0. The van der Waals surface area contributed by atoms with Gasteiger partial charge in [-0.2, -0.15) is 16.1 Å². The highest BCUT2D eigenvalue weighted by molar-refractivity contribution is 7.98. The standard InChI is InChI=1S/C17H24N2O5S2/c1-25-12-9-15(17(21)22)18-16(20)13-7-10-19(11-8-13)26(23,24)14-5-3-2-4-6-14/h2-6,13,15H,7-12H2,1H3,(H,18,20)(H,21,22)/t15-/m1/s1. The highest BCUT2D eigenvalue weighted by Gasteiger charge is 2.33. The number of carboxylic acids is 1. The molecule has 1 aliphatic heterocycles. The van der Waals surface area contributed by atoms with E-state index in [1.807, 2.05) is 6.26 Å². The second kappa shape index (κ2) is 9.38. The number of carbonyl (C=O) groups excluding carboxylic acids is 1. The van der Waals surface area contributed by atoms with Crippen LogP contribution in [0.25, 0.3) is 0 Å². The molecule has 0 aliphatic carbocycles. The van der Waals surface area contributed by atoms with E-state index >= 15 is 0 Å². The smallest absolute Gasteiger partial charge is 0.326 e. The quantitative estimate of drug-likeness (QED) is 0.684. The molecule has 1 aromatic rings. The van der Waals surface area contributed by atoms with Crippen LogP contribution in [0.1, 0.15) is 19.3 Å². The van der Waals surface area contributed by atoms with Crippen molar-refractivity contribution in [3.63, 3.8) is 0 Å². The molecule has 1 amide bonds. The van der Waals surface area contributed by atoms with Crippen molar-refractivity contribution < 1.29 is 23.1 Å². The molecule has 1 aliphatic rings. The zero-order chi connectivity index (χ0) is 19.2. The Labute approximate surface area is 158 Å². The van der Waals surface area contributed by atoms with Gasteiger partial charge in [-0.1, -0.05) is 18.2 Å². The second-order valence-corrected chi connectivity index (χ2v) is 9.10. The Morgan fingerprint density at radius 3 is 2.42 bits per heavy atom.